The van der Waals surface area contributed by atoms with Crippen molar-refractivity contribution in [3.63, 3.8) is 0 Å². The lowest BCUT2D eigenvalue weighted by Crippen LogP contribution is -2.25. The van der Waals surface area contributed by atoms with E-state index in [1.165, 1.54) is 6.42 Å². The second-order valence-electron chi connectivity index (χ2n) is 3.48. The minimum Gasteiger partial charge on any atom is -0.424 e. The van der Waals surface area contributed by atoms with Gasteiger partial charge in [-0.05, 0) is 12.8 Å². The number of hydrogen-bond donors (Lipinski definition) is 1. The Balaban J connectivity index is 1.67. The van der Waals surface area contributed by atoms with E-state index in [-0.39, 0.29) is 0 Å². The highest BCUT2D eigenvalue weighted by molar-refractivity contribution is 4.78. The largest absolute Gasteiger partial charge is 0.424 e. The van der Waals surface area contributed by atoms with E-state index >= 15 is 0 Å². The summed E-state index contributed by atoms with van der Waals surface area (Å²) < 4.78 is 10.7. The first-order valence-electron chi connectivity index (χ1n) is 4.96. The molecule has 78 valence electrons. The number of aryl methyl sites for hydroxylation is 1. The van der Waals surface area contributed by atoms with E-state index in [4.69, 9.17) is 9.15 Å². The van der Waals surface area contributed by atoms with Gasteiger partial charge in [0.15, 0.2) is 0 Å². The molecule has 5 heteroatoms. The zero-order valence-electron chi connectivity index (χ0n) is 8.32. The monoisotopic (exact) mass is 197 g/mol. The molecule has 0 radical (unpaired) electrons. The van der Waals surface area contributed by atoms with Crippen LogP contribution in [-0.2, 0) is 11.3 Å². The third-order valence-electron chi connectivity index (χ3n) is 2.24. The van der Waals surface area contributed by atoms with E-state index in [1.807, 2.05) is 0 Å². The molecule has 1 atom stereocenters. The smallest absolute Gasteiger partial charge is 0.230 e. The van der Waals surface area contributed by atoms with Crippen molar-refractivity contribution >= 4 is 0 Å². The molecule has 1 unspecified atom stereocenters. The lowest BCUT2D eigenvalue weighted by atomic mass is 10.2. The van der Waals surface area contributed by atoms with Crippen LogP contribution in [0.5, 0.6) is 0 Å². The van der Waals surface area contributed by atoms with Gasteiger partial charge >= 0.3 is 0 Å². The summed E-state index contributed by atoms with van der Waals surface area (Å²) in [7, 11) is 0. The molecule has 1 aromatic rings. The van der Waals surface area contributed by atoms with Gasteiger partial charge in [0.1, 0.15) is 0 Å². The fraction of sp³-hybridized carbons (Fsp3) is 0.778. The number of nitrogens with one attached hydrogen (secondary N) is 1. The first-order valence-corrected chi connectivity index (χ1v) is 4.96. The Morgan fingerprint density at radius 3 is 3.07 bits per heavy atom. The molecule has 0 amide bonds. The van der Waals surface area contributed by atoms with Crippen LogP contribution in [0.15, 0.2) is 4.42 Å². The van der Waals surface area contributed by atoms with E-state index in [1.54, 1.807) is 6.92 Å². The molecule has 1 aromatic heterocycles. The zero-order chi connectivity index (χ0) is 9.80. The fourth-order valence-corrected chi connectivity index (χ4v) is 1.55. The van der Waals surface area contributed by atoms with Crippen molar-refractivity contribution in [1.82, 2.24) is 15.5 Å². The molecule has 0 bridgehead atoms. The van der Waals surface area contributed by atoms with Gasteiger partial charge in [0.05, 0.1) is 12.6 Å². The van der Waals surface area contributed by atoms with Crippen molar-refractivity contribution in [2.24, 2.45) is 0 Å². The van der Waals surface area contributed by atoms with Gasteiger partial charge in [-0.15, -0.1) is 10.2 Å². The Morgan fingerprint density at radius 2 is 2.43 bits per heavy atom. The van der Waals surface area contributed by atoms with Gasteiger partial charge in [-0.1, -0.05) is 0 Å². The third kappa shape index (κ3) is 2.52. The first kappa shape index (κ1) is 9.61. The number of nitrogens with zero attached hydrogens (tertiary/aromatic N) is 2. The summed E-state index contributed by atoms with van der Waals surface area (Å²) in [5.41, 5.74) is 0. The van der Waals surface area contributed by atoms with E-state index in [2.05, 4.69) is 15.5 Å². The van der Waals surface area contributed by atoms with Crippen LogP contribution in [0.2, 0.25) is 0 Å². The van der Waals surface area contributed by atoms with Crippen LogP contribution >= 0.6 is 0 Å². The van der Waals surface area contributed by atoms with Crippen molar-refractivity contribution < 1.29 is 9.15 Å². The second-order valence-corrected chi connectivity index (χ2v) is 3.48. The summed E-state index contributed by atoms with van der Waals surface area (Å²) >= 11 is 0. The van der Waals surface area contributed by atoms with Gasteiger partial charge < -0.3 is 14.5 Å². The van der Waals surface area contributed by atoms with Gasteiger partial charge in [-0.2, -0.15) is 0 Å². The maximum Gasteiger partial charge on any atom is 0.230 e. The topological polar surface area (TPSA) is 60.2 Å². The molecule has 1 aliphatic heterocycles. The van der Waals surface area contributed by atoms with E-state index in [0.29, 0.717) is 24.4 Å². The standard InChI is InChI=1S/C9H15N3O2/c1-7-11-12-9(14-7)6-10-5-8-3-2-4-13-8/h8,10H,2-6H2,1H3. The minimum absolute atomic E-state index is 0.360. The predicted octanol–water partition coefficient (Wildman–Crippen LogP) is 0.647. The number of ether oxygens (including phenoxy) is 1. The van der Waals surface area contributed by atoms with Crippen LogP contribution in [0.4, 0.5) is 0 Å². The molecule has 14 heavy (non-hydrogen) atoms. The number of hydrogen-bond acceptors (Lipinski definition) is 5. The summed E-state index contributed by atoms with van der Waals surface area (Å²) in [5.74, 6) is 1.25. The molecule has 2 rings (SSSR count). The van der Waals surface area contributed by atoms with Crippen LogP contribution in [0.1, 0.15) is 24.6 Å². The van der Waals surface area contributed by atoms with Gasteiger partial charge in [0, 0.05) is 20.1 Å². The molecule has 0 aliphatic carbocycles. The average molecular weight is 197 g/mol. The third-order valence-corrected chi connectivity index (χ3v) is 2.24. The highest BCUT2D eigenvalue weighted by Crippen LogP contribution is 2.10. The molecular formula is C9H15N3O2. The average Bonchev–Trinajstić information content (AvgIpc) is 2.77. The van der Waals surface area contributed by atoms with Gasteiger partial charge in [0.25, 0.3) is 0 Å². The molecule has 5 nitrogen and oxygen atoms in total. The first-order chi connectivity index (χ1) is 6.84. The van der Waals surface area contributed by atoms with Crippen molar-refractivity contribution in [1.29, 1.82) is 0 Å². The summed E-state index contributed by atoms with van der Waals surface area (Å²) in [4.78, 5) is 0. The van der Waals surface area contributed by atoms with Gasteiger partial charge in [-0.3, -0.25) is 0 Å². The lowest BCUT2D eigenvalue weighted by Gasteiger charge is -2.08. The molecule has 1 aliphatic rings. The van der Waals surface area contributed by atoms with E-state index in [9.17, 15) is 0 Å². The normalized spacial score (nSPS) is 21.6. The van der Waals surface area contributed by atoms with Crippen LogP contribution in [0.25, 0.3) is 0 Å². The van der Waals surface area contributed by atoms with Gasteiger partial charge in [0.2, 0.25) is 11.8 Å². The van der Waals surface area contributed by atoms with Crippen molar-refractivity contribution in [2.75, 3.05) is 13.2 Å². The SMILES string of the molecule is Cc1nnc(CNCC2CCCO2)o1. The Kier molecular flexibility index (Phi) is 3.10. The van der Waals surface area contributed by atoms with Crippen LogP contribution in [0.3, 0.4) is 0 Å². The minimum atomic E-state index is 0.360. The summed E-state index contributed by atoms with van der Waals surface area (Å²) in [6, 6.07) is 0. The zero-order valence-corrected chi connectivity index (χ0v) is 8.32. The van der Waals surface area contributed by atoms with E-state index < -0.39 is 0 Å². The summed E-state index contributed by atoms with van der Waals surface area (Å²) in [5, 5.41) is 10.9. The molecule has 0 spiro atoms. The molecule has 0 saturated carbocycles. The Bertz CT molecular complexity index is 281. The Labute approximate surface area is 82.8 Å². The van der Waals surface area contributed by atoms with Crippen molar-refractivity contribution in [2.45, 2.75) is 32.4 Å². The quantitative estimate of drug-likeness (QED) is 0.767. The summed E-state index contributed by atoms with van der Waals surface area (Å²) in [6.45, 7) is 4.17. The highest BCUT2D eigenvalue weighted by Gasteiger charge is 2.14. The Morgan fingerprint density at radius 1 is 1.50 bits per heavy atom. The van der Waals surface area contributed by atoms with Crippen LogP contribution in [0, 0.1) is 6.92 Å². The van der Waals surface area contributed by atoms with Crippen LogP contribution < -0.4 is 5.32 Å². The van der Waals surface area contributed by atoms with Gasteiger partial charge in [-0.25, -0.2) is 0 Å². The molecular weight excluding hydrogens is 182 g/mol. The molecule has 0 aromatic carbocycles. The summed E-state index contributed by atoms with van der Waals surface area (Å²) in [6.07, 6.45) is 2.68. The molecule has 2 heterocycles. The number of aromatic nitrogens is 2. The van der Waals surface area contributed by atoms with Crippen LogP contribution in [-0.4, -0.2) is 29.5 Å². The highest BCUT2D eigenvalue weighted by atomic mass is 16.5. The maximum absolute atomic E-state index is 5.47. The second kappa shape index (κ2) is 4.52. The van der Waals surface area contributed by atoms with E-state index in [0.717, 1.165) is 19.6 Å². The fourth-order valence-electron chi connectivity index (χ4n) is 1.55. The van der Waals surface area contributed by atoms with Crippen molar-refractivity contribution in [3.05, 3.63) is 11.8 Å². The predicted molar refractivity (Wildman–Crippen MR) is 49.7 cm³/mol. The Hall–Kier alpha value is -0.940. The molecule has 1 fully saturated rings. The molecule has 1 N–H and O–H groups in total. The maximum atomic E-state index is 5.47. The number of rotatable bonds is 4. The molecule has 1 saturated heterocycles. The van der Waals surface area contributed by atoms with Crippen molar-refractivity contribution in [3.8, 4) is 0 Å². The lowest BCUT2D eigenvalue weighted by molar-refractivity contribution is 0.109.